The minimum atomic E-state index is -0.463. The lowest BCUT2D eigenvalue weighted by Gasteiger charge is -2.11. The minimum Gasteiger partial charge on any atom is -0.465 e. The molecule has 2 N–H and O–H groups in total. The number of hydrogen-bond acceptors (Lipinski definition) is 5. The molecule has 0 saturated carbocycles. The minimum absolute atomic E-state index is 0.211. The largest absolute Gasteiger partial charge is 0.465 e. The summed E-state index contributed by atoms with van der Waals surface area (Å²) in [4.78, 5) is 28.3. The van der Waals surface area contributed by atoms with Crippen LogP contribution in [0.3, 0.4) is 0 Å². The highest BCUT2D eigenvalue weighted by molar-refractivity contribution is 5.97. The molecule has 28 heavy (non-hydrogen) atoms. The van der Waals surface area contributed by atoms with Gasteiger partial charge in [-0.25, -0.2) is 9.18 Å². The number of anilines is 2. The van der Waals surface area contributed by atoms with Crippen molar-refractivity contribution < 1.29 is 18.7 Å². The smallest absolute Gasteiger partial charge is 0.339 e. The Kier molecular flexibility index (Phi) is 5.96. The average Bonchev–Trinajstić information content (AvgIpc) is 2.73. The number of halogens is 1. The first-order valence-electron chi connectivity index (χ1n) is 8.50. The van der Waals surface area contributed by atoms with Crippen LogP contribution in [0.2, 0.25) is 0 Å². The highest BCUT2D eigenvalue weighted by Crippen LogP contribution is 2.21. The zero-order valence-electron chi connectivity index (χ0n) is 15.1. The van der Waals surface area contributed by atoms with Gasteiger partial charge in [0.25, 0.3) is 5.91 Å². The maximum absolute atomic E-state index is 12.9. The zero-order valence-corrected chi connectivity index (χ0v) is 15.1. The number of carbonyl (C=O) groups is 2. The van der Waals surface area contributed by atoms with Gasteiger partial charge in [0.05, 0.1) is 18.4 Å². The number of aromatic nitrogens is 1. The first-order chi connectivity index (χ1) is 13.6. The van der Waals surface area contributed by atoms with Crippen LogP contribution in [0.25, 0.3) is 0 Å². The summed E-state index contributed by atoms with van der Waals surface area (Å²) < 4.78 is 17.7. The topological polar surface area (TPSA) is 80.3 Å². The third-order valence-corrected chi connectivity index (χ3v) is 3.97. The Hall–Kier alpha value is -3.74. The number of hydrogen-bond donors (Lipinski definition) is 2. The summed E-state index contributed by atoms with van der Waals surface area (Å²) in [6.07, 6.45) is 1.50. The fourth-order valence-electron chi connectivity index (χ4n) is 2.54. The number of rotatable bonds is 6. The van der Waals surface area contributed by atoms with E-state index in [2.05, 4.69) is 15.6 Å². The van der Waals surface area contributed by atoms with E-state index in [9.17, 15) is 14.0 Å². The fraction of sp³-hybridized carbons (Fsp3) is 0.0952. The van der Waals surface area contributed by atoms with Crippen molar-refractivity contribution in [3.63, 3.8) is 0 Å². The number of ether oxygens (including phenoxy) is 1. The van der Waals surface area contributed by atoms with Crippen molar-refractivity contribution in [1.82, 2.24) is 10.3 Å². The Labute approximate surface area is 161 Å². The molecule has 0 aliphatic rings. The number of nitrogens with zero attached hydrogens (tertiary/aromatic N) is 1. The van der Waals surface area contributed by atoms with Crippen LogP contribution in [0.1, 0.15) is 26.4 Å². The lowest BCUT2D eigenvalue weighted by molar-refractivity contribution is 0.0601. The molecule has 6 nitrogen and oxygen atoms in total. The number of para-hydroxylation sites is 1. The molecule has 0 radical (unpaired) electrons. The molecular weight excluding hydrogens is 361 g/mol. The number of pyridine rings is 1. The van der Waals surface area contributed by atoms with Crippen molar-refractivity contribution in [2.75, 3.05) is 12.4 Å². The van der Waals surface area contributed by atoms with Gasteiger partial charge in [0.2, 0.25) is 0 Å². The number of nitrogens with one attached hydrogen (secondary N) is 2. The summed E-state index contributed by atoms with van der Waals surface area (Å²) in [5.74, 6) is -1.16. The third-order valence-electron chi connectivity index (χ3n) is 3.97. The average molecular weight is 379 g/mol. The van der Waals surface area contributed by atoms with Gasteiger partial charge in [0.15, 0.2) is 0 Å². The van der Waals surface area contributed by atoms with E-state index >= 15 is 0 Å². The molecule has 1 amide bonds. The first-order valence-corrected chi connectivity index (χ1v) is 8.50. The molecule has 3 rings (SSSR count). The second-order valence-electron chi connectivity index (χ2n) is 5.90. The maximum atomic E-state index is 12.9. The predicted octanol–water partition coefficient (Wildman–Crippen LogP) is 3.68. The highest BCUT2D eigenvalue weighted by atomic mass is 19.1. The molecule has 0 saturated heterocycles. The Morgan fingerprint density at radius 1 is 1.07 bits per heavy atom. The molecule has 0 aliphatic carbocycles. The molecule has 2 aromatic carbocycles. The van der Waals surface area contributed by atoms with Crippen LogP contribution in [0.15, 0.2) is 66.9 Å². The number of carbonyl (C=O) groups excluding carboxylic acids is 2. The van der Waals surface area contributed by atoms with Crippen molar-refractivity contribution in [3.05, 3.63) is 89.5 Å². The van der Waals surface area contributed by atoms with Crippen LogP contribution in [-0.2, 0) is 11.3 Å². The molecule has 0 fully saturated rings. The molecule has 3 aromatic rings. The van der Waals surface area contributed by atoms with Gasteiger partial charge in [-0.05, 0) is 42.0 Å². The SMILES string of the molecule is COC(=O)c1ccccc1Nc1ccnc(C(=O)NCc2ccc(F)cc2)c1. The Bertz CT molecular complexity index is 990. The molecule has 142 valence electrons. The number of benzene rings is 2. The first kappa shape index (κ1) is 19.0. The van der Waals surface area contributed by atoms with E-state index in [1.54, 1.807) is 48.5 Å². The van der Waals surface area contributed by atoms with E-state index in [1.165, 1.54) is 25.4 Å². The second-order valence-corrected chi connectivity index (χ2v) is 5.90. The molecular formula is C21H18FN3O3. The molecule has 1 aromatic heterocycles. The van der Waals surface area contributed by atoms with Crippen LogP contribution in [0, 0.1) is 5.82 Å². The van der Waals surface area contributed by atoms with E-state index in [4.69, 9.17) is 4.74 Å². The maximum Gasteiger partial charge on any atom is 0.339 e. The summed E-state index contributed by atoms with van der Waals surface area (Å²) in [7, 11) is 1.31. The van der Waals surface area contributed by atoms with Crippen molar-refractivity contribution in [2.45, 2.75) is 6.54 Å². The quantitative estimate of drug-likeness (QED) is 0.639. The fourth-order valence-corrected chi connectivity index (χ4v) is 2.54. The molecule has 7 heteroatoms. The van der Waals surface area contributed by atoms with Gasteiger partial charge in [-0.3, -0.25) is 9.78 Å². The monoisotopic (exact) mass is 379 g/mol. The summed E-state index contributed by atoms with van der Waals surface area (Å²) in [5.41, 5.74) is 2.51. The lowest BCUT2D eigenvalue weighted by Crippen LogP contribution is -2.23. The number of methoxy groups -OCH3 is 1. The van der Waals surface area contributed by atoms with Crippen molar-refractivity contribution in [1.29, 1.82) is 0 Å². The van der Waals surface area contributed by atoms with Gasteiger partial charge in [-0.15, -0.1) is 0 Å². The summed E-state index contributed by atoms with van der Waals surface area (Å²) in [5, 5.41) is 5.84. The van der Waals surface area contributed by atoms with E-state index in [-0.39, 0.29) is 24.0 Å². The van der Waals surface area contributed by atoms with Gasteiger partial charge >= 0.3 is 5.97 Å². The van der Waals surface area contributed by atoms with Crippen LogP contribution >= 0.6 is 0 Å². The molecule has 0 atom stereocenters. The van der Waals surface area contributed by atoms with Gasteiger partial charge < -0.3 is 15.4 Å². The van der Waals surface area contributed by atoms with E-state index in [1.807, 2.05) is 0 Å². The number of esters is 1. The normalized spacial score (nSPS) is 10.2. The summed E-state index contributed by atoms with van der Waals surface area (Å²) in [6, 6.07) is 16.0. The van der Waals surface area contributed by atoms with Gasteiger partial charge in [-0.2, -0.15) is 0 Å². The third kappa shape index (κ3) is 4.70. The zero-order chi connectivity index (χ0) is 19.9. The Morgan fingerprint density at radius 3 is 2.57 bits per heavy atom. The van der Waals surface area contributed by atoms with Gasteiger partial charge in [0, 0.05) is 18.4 Å². The molecule has 0 aliphatic heterocycles. The predicted molar refractivity (Wildman–Crippen MR) is 103 cm³/mol. The molecule has 1 heterocycles. The van der Waals surface area contributed by atoms with Gasteiger partial charge in [0.1, 0.15) is 11.5 Å². The van der Waals surface area contributed by atoms with Gasteiger partial charge in [-0.1, -0.05) is 24.3 Å². The highest BCUT2D eigenvalue weighted by Gasteiger charge is 2.12. The van der Waals surface area contributed by atoms with E-state index in [0.29, 0.717) is 16.9 Å². The van der Waals surface area contributed by atoms with Crippen molar-refractivity contribution >= 4 is 23.3 Å². The van der Waals surface area contributed by atoms with Crippen molar-refractivity contribution in [3.8, 4) is 0 Å². The van der Waals surface area contributed by atoms with Crippen LogP contribution in [0.4, 0.5) is 15.8 Å². The summed E-state index contributed by atoms with van der Waals surface area (Å²) in [6.45, 7) is 0.254. The van der Waals surface area contributed by atoms with Crippen LogP contribution < -0.4 is 10.6 Å². The second kappa shape index (κ2) is 8.77. The van der Waals surface area contributed by atoms with Crippen LogP contribution in [0.5, 0.6) is 0 Å². The Balaban J connectivity index is 1.71. The number of amides is 1. The Morgan fingerprint density at radius 2 is 1.82 bits per heavy atom. The van der Waals surface area contributed by atoms with Crippen LogP contribution in [-0.4, -0.2) is 24.0 Å². The van der Waals surface area contributed by atoms with E-state index in [0.717, 1.165) is 5.56 Å². The molecule has 0 spiro atoms. The molecule has 0 unspecified atom stereocenters. The lowest BCUT2D eigenvalue weighted by atomic mass is 10.1. The molecule has 0 bridgehead atoms. The van der Waals surface area contributed by atoms with Crippen molar-refractivity contribution in [2.24, 2.45) is 0 Å². The summed E-state index contributed by atoms with van der Waals surface area (Å²) >= 11 is 0. The van der Waals surface area contributed by atoms with E-state index < -0.39 is 5.97 Å². The standard InChI is InChI=1S/C21H18FN3O3/c1-28-21(27)17-4-2-3-5-18(17)25-16-10-11-23-19(12-16)20(26)24-13-14-6-8-15(22)9-7-14/h2-12H,13H2,1H3,(H,23,25)(H,24,26).